The molecule has 1 aliphatic rings. The number of nitrogens with one attached hydrogen (secondary N) is 1. The fourth-order valence-corrected chi connectivity index (χ4v) is 3.25. The molecule has 0 unspecified atom stereocenters. The third-order valence-corrected chi connectivity index (χ3v) is 4.84. The molecule has 0 aliphatic heterocycles. The van der Waals surface area contributed by atoms with Gasteiger partial charge in [-0.1, -0.05) is 6.07 Å². The fourth-order valence-electron chi connectivity index (χ4n) is 1.92. The summed E-state index contributed by atoms with van der Waals surface area (Å²) in [6.07, 6.45) is 3.37. The van der Waals surface area contributed by atoms with Crippen LogP contribution in [-0.4, -0.2) is 31.6 Å². The highest BCUT2D eigenvalue weighted by molar-refractivity contribution is 7.91. The molecular formula is C13H18N2O3S. The van der Waals surface area contributed by atoms with Crippen molar-refractivity contribution in [3.8, 4) is 0 Å². The first kappa shape index (κ1) is 14.0. The molecule has 0 saturated heterocycles. The van der Waals surface area contributed by atoms with E-state index in [9.17, 15) is 13.2 Å². The maximum Gasteiger partial charge on any atom is 0.223 e. The van der Waals surface area contributed by atoms with E-state index in [0.29, 0.717) is 5.56 Å². The van der Waals surface area contributed by atoms with Crippen LogP contribution in [0, 0.1) is 19.8 Å². The highest BCUT2D eigenvalue weighted by Crippen LogP contribution is 2.28. The summed E-state index contributed by atoms with van der Waals surface area (Å²) in [5, 5.41) is 2.77. The van der Waals surface area contributed by atoms with E-state index in [1.165, 1.54) is 0 Å². The Morgan fingerprint density at radius 1 is 1.42 bits per heavy atom. The number of carbonyl (C=O) groups is 1. The molecular weight excluding hydrogens is 264 g/mol. The molecule has 0 aromatic carbocycles. The van der Waals surface area contributed by atoms with Crippen molar-refractivity contribution < 1.29 is 13.2 Å². The molecule has 1 fully saturated rings. The number of pyridine rings is 1. The number of carbonyl (C=O) groups excluding carboxylic acids is 1. The monoisotopic (exact) mass is 282 g/mol. The molecule has 1 aromatic rings. The lowest BCUT2D eigenvalue weighted by atomic mass is 10.2. The van der Waals surface area contributed by atoms with Crippen LogP contribution in [0.1, 0.15) is 24.0 Å². The Balaban J connectivity index is 1.99. The number of sulfone groups is 1. The van der Waals surface area contributed by atoms with Gasteiger partial charge >= 0.3 is 0 Å². The number of aromatic nitrogens is 1. The summed E-state index contributed by atoms with van der Waals surface area (Å²) in [4.78, 5) is 15.4. The Labute approximate surface area is 113 Å². The molecule has 1 amide bonds. The van der Waals surface area contributed by atoms with Crippen molar-refractivity contribution in [1.29, 1.82) is 0 Å². The van der Waals surface area contributed by atoms with Crippen LogP contribution >= 0.6 is 0 Å². The predicted molar refractivity (Wildman–Crippen MR) is 71.5 cm³/mol. The largest absolute Gasteiger partial charge is 0.355 e. The maximum absolute atomic E-state index is 12.1. The van der Waals surface area contributed by atoms with Crippen LogP contribution in [0.15, 0.2) is 17.3 Å². The maximum atomic E-state index is 12.1. The van der Waals surface area contributed by atoms with Gasteiger partial charge in [0.05, 0.1) is 5.75 Å². The lowest BCUT2D eigenvalue weighted by molar-refractivity contribution is -0.122. The topological polar surface area (TPSA) is 76.1 Å². The summed E-state index contributed by atoms with van der Waals surface area (Å²) in [6, 6.07) is 1.79. The van der Waals surface area contributed by atoms with Gasteiger partial charge in [0.1, 0.15) is 0 Å². The molecule has 19 heavy (non-hydrogen) atoms. The van der Waals surface area contributed by atoms with Crippen molar-refractivity contribution in [2.24, 2.45) is 5.92 Å². The van der Waals surface area contributed by atoms with E-state index < -0.39 is 9.84 Å². The number of hydrogen-bond acceptors (Lipinski definition) is 4. The zero-order valence-electron chi connectivity index (χ0n) is 11.1. The van der Waals surface area contributed by atoms with E-state index in [2.05, 4.69) is 10.3 Å². The quantitative estimate of drug-likeness (QED) is 0.874. The fraction of sp³-hybridized carbons (Fsp3) is 0.538. The summed E-state index contributed by atoms with van der Waals surface area (Å²) < 4.78 is 24.2. The second-order valence-corrected chi connectivity index (χ2v) is 7.04. The number of hydrogen-bond donors (Lipinski definition) is 1. The van der Waals surface area contributed by atoms with Crippen LogP contribution in [0.2, 0.25) is 0 Å². The molecule has 2 rings (SSSR count). The van der Waals surface area contributed by atoms with Gasteiger partial charge in [0.2, 0.25) is 5.91 Å². The van der Waals surface area contributed by atoms with E-state index in [4.69, 9.17) is 0 Å². The number of amides is 1. The summed E-state index contributed by atoms with van der Waals surface area (Å²) >= 11 is 0. The van der Waals surface area contributed by atoms with Crippen LogP contribution in [0.3, 0.4) is 0 Å². The molecule has 6 heteroatoms. The van der Waals surface area contributed by atoms with Gasteiger partial charge in [-0.25, -0.2) is 13.4 Å². The zero-order valence-corrected chi connectivity index (χ0v) is 12.0. The average molecular weight is 282 g/mol. The van der Waals surface area contributed by atoms with Crippen molar-refractivity contribution >= 4 is 15.7 Å². The predicted octanol–water partition coefficient (Wildman–Crippen LogP) is 0.998. The van der Waals surface area contributed by atoms with E-state index in [1.54, 1.807) is 19.2 Å². The minimum absolute atomic E-state index is 0.0382. The highest BCUT2D eigenvalue weighted by atomic mass is 32.2. The summed E-state index contributed by atoms with van der Waals surface area (Å²) in [5.74, 6) is -0.0479. The summed E-state index contributed by atoms with van der Waals surface area (Å²) in [5.41, 5.74) is 1.58. The third-order valence-electron chi connectivity index (χ3n) is 3.08. The van der Waals surface area contributed by atoms with Crippen molar-refractivity contribution in [1.82, 2.24) is 10.3 Å². The second-order valence-electron chi connectivity index (χ2n) is 5.02. The molecule has 0 spiro atoms. The smallest absolute Gasteiger partial charge is 0.223 e. The minimum atomic E-state index is -3.43. The van der Waals surface area contributed by atoms with Gasteiger partial charge in [0.25, 0.3) is 0 Å². The van der Waals surface area contributed by atoms with Crippen molar-refractivity contribution in [2.45, 2.75) is 31.7 Å². The average Bonchev–Trinajstić information content (AvgIpc) is 3.11. The highest BCUT2D eigenvalue weighted by Gasteiger charge is 2.29. The third kappa shape index (κ3) is 3.53. The van der Waals surface area contributed by atoms with E-state index in [1.807, 2.05) is 6.92 Å². The first-order valence-corrected chi connectivity index (χ1v) is 7.99. The van der Waals surface area contributed by atoms with Gasteiger partial charge in [-0.15, -0.1) is 0 Å². The Morgan fingerprint density at radius 3 is 2.68 bits per heavy atom. The second kappa shape index (κ2) is 5.28. The standard InChI is InChI=1S/C13H18N2O3S/c1-9-7-10(2)13(15-8-9)19(17,18)6-5-14-12(16)11-3-4-11/h7-8,11H,3-6H2,1-2H3,(H,14,16). The number of rotatable bonds is 5. The van der Waals surface area contributed by atoms with Crippen LogP contribution < -0.4 is 5.32 Å². The Morgan fingerprint density at radius 2 is 2.11 bits per heavy atom. The molecule has 0 bridgehead atoms. The summed E-state index contributed by atoms with van der Waals surface area (Å²) in [6.45, 7) is 3.74. The van der Waals surface area contributed by atoms with Crippen LogP contribution in [0.25, 0.3) is 0 Å². The molecule has 1 N–H and O–H groups in total. The minimum Gasteiger partial charge on any atom is -0.355 e. The van der Waals surface area contributed by atoms with E-state index >= 15 is 0 Å². The first-order valence-electron chi connectivity index (χ1n) is 6.34. The molecule has 104 valence electrons. The normalized spacial score (nSPS) is 15.3. The van der Waals surface area contributed by atoms with Crippen LogP contribution in [0.5, 0.6) is 0 Å². The lowest BCUT2D eigenvalue weighted by Gasteiger charge is -2.08. The molecule has 5 nitrogen and oxygen atoms in total. The number of nitrogens with zero attached hydrogens (tertiary/aromatic N) is 1. The molecule has 1 aromatic heterocycles. The van der Waals surface area contributed by atoms with Crippen LogP contribution in [-0.2, 0) is 14.6 Å². The van der Waals surface area contributed by atoms with E-state index in [-0.39, 0.29) is 29.1 Å². The molecule has 0 radical (unpaired) electrons. The molecule has 1 saturated carbocycles. The van der Waals surface area contributed by atoms with Gasteiger partial charge < -0.3 is 5.32 Å². The molecule has 0 atom stereocenters. The van der Waals surface area contributed by atoms with Gasteiger partial charge in [-0.3, -0.25) is 4.79 Å². The van der Waals surface area contributed by atoms with Gasteiger partial charge in [0, 0.05) is 18.7 Å². The van der Waals surface area contributed by atoms with Crippen molar-refractivity contribution in [3.05, 3.63) is 23.4 Å². The molecule has 1 aliphatic carbocycles. The lowest BCUT2D eigenvalue weighted by Crippen LogP contribution is -2.30. The van der Waals surface area contributed by atoms with E-state index in [0.717, 1.165) is 18.4 Å². The van der Waals surface area contributed by atoms with Crippen molar-refractivity contribution in [2.75, 3.05) is 12.3 Å². The Hall–Kier alpha value is -1.43. The van der Waals surface area contributed by atoms with Crippen molar-refractivity contribution in [3.63, 3.8) is 0 Å². The SMILES string of the molecule is Cc1cnc(S(=O)(=O)CCNC(=O)C2CC2)c(C)c1. The van der Waals surface area contributed by atoms with Gasteiger partial charge in [0.15, 0.2) is 14.9 Å². The Kier molecular flexibility index (Phi) is 3.89. The number of aryl methyl sites for hydroxylation is 2. The molecule has 1 heterocycles. The summed E-state index contributed by atoms with van der Waals surface area (Å²) in [7, 11) is -3.43. The van der Waals surface area contributed by atoms with Gasteiger partial charge in [-0.2, -0.15) is 0 Å². The Bertz CT molecular complexity index is 592. The first-order chi connectivity index (χ1) is 8.90. The van der Waals surface area contributed by atoms with Gasteiger partial charge in [-0.05, 0) is 37.8 Å². The van der Waals surface area contributed by atoms with Crippen LogP contribution in [0.4, 0.5) is 0 Å². The zero-order chi connectivity index (χ0) is 14.0.